The number of cyclic esters (lactones) is 1. The van der Waals surface area contributed by atoms with Crippen LogP contribution >= 0.6 is 0 Å². The minimum Gasteiger partial charge on any atom is -0.478 e. The van der Waals surface area contributed by atoms with Gasteiger partial charge in [0.15, 0.2) is 6.10 Å². The summed E-state index contributed by atoms with van der Waals surface area (Å²) in [5.74, 6) is -2.81. The molecule has 3 aromatic rings. The maximum absolute atomic E-state index is 12.7. The molecule has 0 bridgehead atoms. The quantitative estimate of drug-likeness (QED) is 0.337. The van der Waals surface area contributed by atoms with E-state index in [2.05, 4.69) is 4.98 Å². The summed E-state index contributed by atoms with van der Waals surface area (Å²) in [6.45, 7) is 0.802. The molecule has 2 heterocycles. The molecule has 7 N–H and O–H groups in total. The van der Waals surface area contributed by atoms with Crippen molar-refractivity contribution in [2.75, 3.05) is 6.54 Å². The average molecular weight is 498 g/mol. The molecule has 0 radical (unpaired) electrons. The third-order valence-electron chi connectivity index (χ3n) is 5.22. The number of fused-ring (bicyclic) bond motifs is 1. The number of benzene rings is 2. The number of carboxylic acid groups (broad SMARTS) is 2. The standard InChI is InChI=1S/C21H21N3O3.C4H4O4.H2O/c22-9-8-16-12-23-18-7-6-15(10-17(16)18)11-19-20(25)24(21(26)27-19)13-14-4-2-1-3-5-14;5-3(6)1-2-4(7)8;/h1-7,10,12,19,23H,8-9,11,13,22H2;1-2H,(H,5,6)(H,7,8);1H2/b;2-1-;. The Bertz CT molecular complexity index is 1240. The Morgan fingerprint density at radius 1 is 1.03 bits per heavy atom. The molecular formula is C25H27N3O8. The Labute approximate surface area is 206 Å². The number of carbonyl (C=O) groups excluding carboxylic acids is 2. The van der Waals surface area contributed by atoms with Crippen LogP contribution in [0.3, 0.4) is 0 Å². The van der Waals surface area contributed by atoms with Gasteiger partial charge in [0.05, 0.1) is 6.54 Å². The summed E-state index contributed by atoms with van der Waals surface area (Å²) in [6, 6.07) is 15.4. The molecule has 36 heavy (non-hydrogen) atoms. The van der Waals surface area contributed by atoms with E-state index in [0.29, 0.717) is 25.1 Å². The second kappa shape index (κ2) is 12.8. The summed E-state index contributed by atoms with van der Waals surface area (Å²) in [7, 11) is 0. The molecule has 0 spiro atoms. The number of nitrogens with one attached hydrogen (secondary N) is 1. The molecule has 11 nitrogen and oxygen atoms in total. The highest BCUT2D eigenvalue weighted by molar-refractivity contribution is 6.00. The summed E-state index contributed by atoms with van der Waals surface area (Å²) in [5, 5.41) is 16.7. The number of carbonyl (C=O) groups is 4. The molecule has 1 unspecified atom stereocenters. The summed E-state index contributed by atoms with van der Waals surface area (Å²) in [5.41, 5.74) is 9.69. The molecule has 0 saturated carbocycles. The number of carboxylic acids is 2. The largest absolute Gasteiger partial charge is 0.478 e. The van der Waals surface area contributed by atoms with Gasteiger partial charge < -0.3 is 31.1 Å². The van der Waals surface area contributed by atoms with Crippen LogP contribution in [0.15, 0.2) is 66.9 Å². The van der Waals surface area contributed by atoms with Gasteiger partial charge in [-0.25, -0.2) is 19.3 Å². The van der Waals surface area contributed by atoms with Crippen LogP contribution in [0.4, 0.5) is 4.79 Å². The van der Waals surface area contributed by atoms with Crippen LogP contribution in [0.1, 0.15) is 16.7 Å². The second-order valence-electron chi connectivity index (χ2n) is 7.73. The molecule has 1 aliphatic heterocycles. The molecule has 2 aromatic carbocycles. The molecule has 4 rings (SSSR count). The molecule has 1 fully saturated rings. The average Bonchev–Trinajstić information content (AvgIpc) is 3.34. The number of rotatable bonds is 8. The van der Waals surface area contributed by atoms with Gasteiger partial charge in [0.2, 0.25) is 0 Å². The lowest BCUT2D eigenvalue weighted by atomic mass is 10.0. The van der Waals surface area contributed by atoms with Gasteiger partial charge in [-0.2, -0.15) is 0 Å². The highest BCUT2D eigenvalue weighted by Gasteiger charge is 2.40. The highest BCUT2D eigenvalue weighted by atomic mass is 16.6. The molecule has 1 aromatic heterocycles. The second-order valence-corrected chi connectivity index (χ2v) is 7.73. The van der Waals surface area contributed by atoms with E-state index >= 15 is 0 Å². The van der Waals surface area contributed by atoms with Crippen molar-refractivity contribution >= 4 is 34.8 Å². The van der Waals surface area contributed by atoms with Gasteiger partial charge in [0.25, 0.3) is 5.91 Å². The van der Waals surface area contributed by atoms with Gasteiger partial charge in [0, 0.05) is 35.7 Å². The Morgan fingerprint density at radius 3 is 2.31 bits per heavy atom. The van der Waals surface area contributed by atoms with Crippen LogP contribution in [0.5, 0.6) is 0 Å². The van der Waals surface area contributed by atoms with Crippen molar-refractivity contribution in [3.05, 3.63) is 83.6 Å². The molecule has 1 aliphatic rings. The Hall–Kier alpha value is -4.48. The molecule has 2 amide bonds. The smallest absolute Gasteiger partial charge is 0.417 e. The maximum atomic E-state index is 12.7. The maximum Gasteiger partial charge on any atom is 0.417 e. The minimum absolute atomic E-state index is 0. The van der Waals surface area contributed by atoms with Gasteiger partial charge in [-0.1, -0.05) is 36.4 Å². The number of hydrogen-bond acceptors (Lipinski definition) is 6. The number of hydrogen-bond donors (Lipinski definition) is 4. The number of aromatic nitrogens is 1. The first-order valence-electron chi connectivity index (χ1n) is 10.8. The lowest BCUT2D eigenvalue weighted by molar-refractivity contribution is -0.134. The Balaban J connectivity index is 0.000000442. The van der Waals surface area contributed by atoms with Crippen LogP contribution in [-0.2, 0) is 38.5 Å². The number of imide groups is 1. The van der Waals surface area contributed by atoms with Crippen molar-refractivity contribution in [2.24, 2.45) is 5.73 Å². The molecule has 1 saturated heterocycles. The molecular weight excluding hydrogens is 470 g/mol. The lowest BCUT2D eigenvalue weighted by Crippen LogP contribution is -2.31. The predicted molar refractivity (Wildman–Crippen MR) is 130 cm³/mol. The molecule has 0 aliphatic carbocycles. The Kier molecular flexibility index (Phi) is 9.90. The van der Waals surface area contributed by atoms with Gasteiger partial charge in [0.1, 0.15) is 0 Å². The van der Waals surface area contributed by atoms with E-state index in [-0.39, 0.29) is 17.9 Å². The summed E-state index contributed by atoms with van der Waals surface area (Å²) < 4.78 is 5.34. The van der Waals surface area contributed by atoms with Crippen molar-refractivity contribution in [1.29, 1.82) is 0 Å². The molecule has 190 valence electrons. The monoisotopic (exact) mass is 497 g/mol. The number of nitrogens with zero attached hydrogens (tertiary/aromatic N) is 1. The fourth-order valence-electron chi connectivity index (χ4n) is 3.61. The van der Waals surface area contributed by atoms with E-state index in [1.54, 1.807) is 0 Å². The number of aliphatic carboxylic acids is 2. The summed E-state index contributed by atoms with van der Waals surface area (Å²) in [6.07, 6.45) is 2.86. The number of amides is 2. The van der Waals surface area contributed by atoms with E-state index in [1.165, 1.54) is 4.90 Å². The number of H-pyrrole nitrogens is 1. The van der Waals surface area contributed by atoms with E-state index in [1.807, 2.05) is 54.7 Å². The normalized spacial score (nSPS) is 14.8. The third-order valence-corrected chi connectivity index (χ3v) is 5.22. The van der Waals surface area contributed by atoms with Crippen molar-refractivity contribution in [3.63, 3.8) is 0 Å². The number of nitrogens with two attached hydrogens (primary N) is 1. The van der Waals surface area contributed by atoms with E-state index in [9.17, 15) is 19.2 Å². The zero-order valence-electron chi connectivity index (χ0n) is 19.2. The van der Waals surface area contributed by atoms with Gasteiger partial charge >= 0.3 is 18.0 Å². The Morgan fingerprint density at radius 2 is 1.69 bits per heavy atom. The number of ether oxygens (including phenoxy) is 1. The summed E-state index contributed by atoms with van der Waals surface area (Å²) in [4.78, 5) is 48.3. The first-order valence-corrected chi connectivity index (χ1v) is 10.8. The highest BCUT2D eigenvalue weighted by Crippen LogP contribution is 2.24. The van der Waals surface area contributed by atoms with Gasteiger partial charge in [-0.05, 0) is 41.8 Å². The SMILES string of the molecule is NCCc1c[nH]c2ccc(CC3OC(=O)N(Cc4ccccc4)C3=O)cc12.O.O=C(O)/C=C\C(=O)O. The minimum atomic E-state index is -1.26. The molecule has 1 atom stereocenters. The first kappa shape index (κ1) is 27.8. The third kappa shape index (κ3) is 7.26. The van der Waals surface area contributed by atoms with Crippen LogP contribution in [-0.4, -0.2) is 62.2 Å². The van der Waals surface area contributed by atoms with E-state index in [0.717, 1.165) is 34.0 Å². The lowest BCUT2D eigenvalue weighted by Gasteiger charge is -2.11. The predicted octanol–water partition coefficient (Wildman–Crippen LogP) is 1.65. The van der Waals surface area contributed by atoms with E-state index < -0.39 is 24.1 Å². The first-order chi connectivity index (χ1) is 16.8. The van der Waals surface area contributed by atoms with Crippen LogP contribution < -0.4 is 5.73 Å². The zero-order chi connectivity index (χ0) is 25.4. The fourth-order valence-corrected chi connectivity index (χ4v) is 3.61. The van der Waals surface area contributed by atoms with Gasteiger partial charge in [-0.3, -0.25) is 4.79 Å². The topological polar surface area (TPSA) is 195 Å². The van der Waals surface area contributed by atoms with Crippen molar-refractivity contribution < 1.29 is 39.6 Å². The molecule has 11 heteroatoms. The number of aromatic amines is 1. The van der Waals surface area contributed by atoms with Crippen molar-refractivity contribution in [1.82, 2.24) is 9.88 Å². The van der Waals surface area contributed by atoms with E-state index in [4.69, 9.17) is 20.7 Å². The zero-order valence-corrected chi connectivity index (χ0v) is 19.2. The van der Waals surface area contributed by atoms with Crippen LogP contribution in [0, 0.1) is 0 Å². The van der Waals surface area contributed by atoms with Gasteiger partial charge in [-0.15, -0.1) is 0 Å². The summed E-state index contributed by atoms with van der Waals surface area (Å²) >= 11 is 0. The fraction of sp³-hybridized carbons (Fsp3) is 0.200. The van der Waals surface area contributed by atoms with Crippen molar-refractivity contribution in [3.8, 4) is 0 Å². The van der Waals surface area contributed by atoms with Crippen LogP contribution in [0.25, 0.3) is 10.9 Å². The van der Waals surface area contributed by atoms with Crippen molar-refractivity contribution in [2.45, 2.75) is 25.5 Å². The van der Waals surface area contributed by atoms with Crippen LogP contribution in [0.2, 0.25) is 0 Å².